The van der Waals surface area contributed by atoms with E-state index in [0.29, 0.717) is 10.7 Å². The van der Waals surface area contributed by atoms with Crippen LogP contribution in [0.2, 0.25) is 5.02 Å². The van der Waals surface area contributed by atoms with Crippen molar-refractivity contribution in [1.82, 2.24) is 5.32 Å². The van der Waals surface area contributed by atoms with E-state index in [-0.39, 0.29) is 24.2 Å². The Morgan fingerprint density at radius 1 is 1.19 bits per heavy atom. The summed E-state index contributed by atoms with van der Waals surface area (Å²) in [6.45, 7) is 0. The number of rotatable bonds is 2. The molecule has 0 spiro atoms. The van der Waals surface area contributed by atoms with E-state index in [2.05, 4.69) is 10.3 Å². The van der Waals surface area contributed by atoms with Gasteiger partial charge in [-0.2, -0.15) is 0 Å². The van der Waals surface area contributed by atoms with E-state index in [1.54, 1.807) is 12.1 Å². The van der Waals surface area contributed by atoms with Gasteiger partial charge in [0, 0.05) is 22.2 Å². The van der Waals surface area contributed by atoms with Crippen molar-refractivity contribution in [1.29, 1.82) is 0 Å². The van der Waals surface area contributed by atoms with Gasteiger partial charge in [-0.05, 0) is 61.1 Å². The monoisotopic (exact) mass is 366 g/mol. The maximum Gasteiger partial charge on any atom is 0.251 e. The van der Waals surface area contributed by atoms with Crippen LogP contribution in [0.1, 0.15) is 31.2 Å². The number of nitrogens with one attached hydrogen (secondary N) is 1. The summed E-state index contributed by atoms with van der Waals surface area (Å²) >= 11 is 5.86. The Kier molecular flexibility index (Phi) is 4.60. The first kappa shape index (κ1) is 17.0. The van der Waals surface area contributed by atoms with Gasteiger partial charge in [0.2, 0.25) is 0 Å². The lowest BCUT2D eigenvalue weighted by atomic mass is 9.77. The van der Waals surface area contributed by atoms with Crippen LogP contribution in [-0.2, 0) is 16.0 Å². The summed E-state index contributed by atoms with van der Waals surface area (Å²) in [6.07, 6.45) is 10.0. The summed E-state index contributed by atoms with van der Waals surface area (Å²) in [5.74, 6) is -0.0976. The molecule has 1 unspecified atom stereocenters. The topological polar surface area (TPSA) is 58.5 Å². The molecule has 1 N–H and O–H groups in total. The predicted molar refractivity (Wildman–Crippen MR) is 102 cm³/mol. The van der Waals surface area contributed by atoms with Crippen LogP contribution in [0, 0.1) is 5.92 Å². The van der Waals surface area contributed by atoms with E-state index in [1.165, 1.54) is 5.57 Å². The number of aliphatic imine (C=N–C) groups is 1. The van der Waals surface area contributed by atoms with Crippen LogP contribution in [-0.4, -0.2) is 17.5 Å². The second kappa shape index (κ2) is 7.04. The molecule has 1 aliphatic heterocycles. The Bertz CT molecular complexity index is 891. The molecule has 0 fully saturated rings. The molecule has 1 aromatic rings. The lowest BCUT2D eigenvalue weighted by molar-refractivity contribution is -0.118. The quantitative estimate of drug-likeness (QED) is 0.862. The number of carbonyl (C=O) groups is 2. The molecule has 1 aromatic carbocycles. The second-order valence-corrected chi connectivity index (χ2v) is 7.27. The molecule has 1 heterocycles. The highest BCUT2D eigenvalue weighted by molar-refractivity contribution is 6.30. The molecule has 2 aliphatic carbocycles. The van der Waals surface area contributed by atoms with Crippen LogP contribution in [0.4, 0.5) is 0 Å². The van der Waals surface area contributed by atoms with Crippen molar-refractivity contribution in [3.05, 3.63) is 69.9 Å². The average molecular weight is 367 g/mol. The molecule has 5 heteroatoms. The van der Waals surface area contributed by atoms with Crippen molar-refractivity contribution in [2.24, 2.45) is 10.9 Å². The Labute approximate surface area is 157 Å². The smallest absolute Gasteiger partial charge is 0.251 e. The fourth-order valence-electron chi connectivity index (χ4n) is 3.78. The molecule has 0 saturated heterocycles. The third kappa shape index (κ3) is 3.42. The molecule has 0 bridgehead atoms. The molecule has 0 aromatic heterocycles. The fourth-order valence-corrected chi connectivity index (χ4v) is 3.91. The number of carbonyl (C=O) groups excluding carboxylic acids is 2. The summed E-state index contributed by atoms with van der Waals surface area (Å²) in [5.41, 5.74) is 4.46. The molecule has 26 heavy (non-hydrogen) atoms. The number of nitrogens with zero attached hydrogens (tertiary/aromatic N) is 1. The Balaban J connectivity index is 1.53. The maximum atomic E-state index is 12.3. The minimum absolute atomic E-state index is 0.00402. The zero-order valence-corrected chi connectivity index (χ0v) is 15.1. The molecular weight excluding hydrogens is 348 g/mol. The van der Waals surface area contributed by atoms with E-state index < -0.39 is 0 Å². The molecule has 0 saturated carbocycles. The minimum atomic E-state index is -0.220. The molecule has 2 amide bonds. The average Bonchev–Trinajstić information content (AvgIpc) is 2.64. The summed E-state index contributed by atoms with van der Waals surface area (Å²) in [6, 6.07) is 7.17. The van der Waals surface area contributed by atoms with Gasteiger partial charge in [-0.15, -0.1) is 0 Å². The summed E-state index contributed by atoms with van der Waals surface area (Å²) in [7, 11) is 0. The van der Waals surface area contributed by atoms with Gasteiger partial charge in [0.05, 0.1) is 12.1 Å². The van der Waals surface area contributed by atoms with Crippen molar-refractivity contribution in [3.63, 3.8) is 0 Å². The van der Waals surface area contributed by atoms with Gasteiger partial charge in [-0.3, -0.25) is 9.59 Å². The van der Waals surface area contributed by atoms with Gasteiger partial charge in [0.1, 0.15) is 0 Å². The molecule has 1 atom stereocenters. The normalized spacial score (nSPS) is 23.3. The van der Waals surface area contributed by atoms with E-state index >= 15 is 0 Å². The molecule has 132 valence electrons. The van der Waals surface area contributed by atoms with E-state index in [9.17, 15) is 9.59 Å². The Hall–Kier alpha value is -2.46. The van der Waals surface area contributed by atoms with E-state index in [1.807, 2.05) is 30.4 Å². The summed E-state index contributed by atoms with van der Waals surface area (Å²) < 4.78 is 0. The number of hydrogen-bond donors (Lipinski definition) is 1. The zero-order chi connectivity index (χ0) is 18.1. The van der Waals surface area contributed by atoms with Crippen molar-refractivity contribution in [3.8, 4) is 0 Å². The molecule has 4 nitrogen and oxygen atoms in total. The predicted octanol–water partition coefficient (Wildman–Crippen LogP) is 3.92. The first-order valence-corrected chi connectivity index (χ1v) is 9.27. The van der Waals surface area contributed by atoms with Crippen molar-refractivity contribution in [2.45, 2.75) is 32.1 Å². The molecular formula is C21H19ClN2O2. The van der Waals surface area contributed by atoms with Gasteiger partial charge in [-0.1, -0.05) is 29.8 Å². The third-order valence-electron chi connectivity index (χ3n) is 5.04. The van der Waals surface area contributed by atoms with Crippen LogP contribution in [0.5, 0.6) is 0 Å². The summed E-state index contributed by atoms with van der Waals surface area (Å²) in [4.78, 5) is 28.8. The first-order chi connectivity index (χ1) is 12.6. The highest BCUT2D eigenvalue weighted by Crippen LogP contribution is 2.38. The van der Waals surface area contributed by atoms with Gasteiger partial charge in [-0.25, -0.2) is 4.99 Å². The number of fused-ring (bicyclic) bond motifs is 2. The molecule has 4 rings (SSSR count). The molecule has 0 radical (unpaired) electrons. The van der Waals surface area contributed by atoms with Gasteiger partial charge in [0.25, 0.3) is 11.8 Å². The first-order valence-electron chi connectivity index (χ1n) is 8.89. The van der Waals surface area contributed by atoms with Gasteiger partial charge in [0.15, 0.2) is 0 Å². The SMILES string of the molecule is O=C(Cc1ccc(Cl)cc1)N=C1C=CC2C(=C1)NC(=O)C1=C2CCCC1. The van der Waals surface area contributed by atoms with Crippen LogP contribution in [0.3, 0.4) is 0 Å². The van der Waals surface area contributed by atoms with Crippen molar-refractivity contribution < 1.29 is 9.59 Å². The summed E-state index contributed by atoms with van der Waals surface area (Å²) in [5, 5.41) is 3.62. The van der Waals surface area contributed by atoms with Crippen LogP contribution in [0.25, 0.3) is 0 Å². The number of allylic oxidation sites excluding steroid dienone is 3. The van der Waals surface area contributed by atoms with Crippen LogP contribution in [0.15, 0.2) is 64.3 Å². The minimum Gasteiger partial charge on any atom is -0.325 e. The Morgan fingerprint density at radius 3 is 2.77 bits per heavy atom. The number of halogens is 1. The van der Waals surface area contributed by atoms with Crippen molar-refractivity contribution in [2.75, 3.05) is 0 Å². The zero-order valence-electron chi connectivity index (χ0n) is 14.3. The van der Waals surface area contributed by atoms with Crippen molar-refractivity contribution >= 4 is 29.1 Å². The van der Waals surface area contributed by atoms with E-state index in [4.69, 9.17) is 11.6 Å². The standard InChI is InChI=1S/C21H19ClN2O2/c22-14-7-5-13(6-8-14)11-20(25)23-15-9-10-17-16-3-1-2-4-18(16)21(26)24-19(17)12-15/h5-10,12,17H,1-4,11H2,(H,24,26). The maximum absolute atomic E-state index is 12.3. The van der Waals surface area contributed by atoms with Crippen LogP contribution >= 0.6 is 11.6 Å². The largest absolute Gasteiger partial charge is 0.325 e. The third-order valence-corrected chi connectivity index (χ3v) is 5.29. The number of hydrogen-bond acceptors (Lipinski definition) is 2. The van der Waals surface area contributed by atoms with Crippen LogP contribution < -0.4 is 5.32 Å². The van der Waals surface area contributed by atoms with Gasteiger partial charge < -0.3 is 5.32 Å². The second-order valence-electron chi connectivity index (χ2n) is 6.84. The number of benzene rings is 1. The highest BCUT2D eigenvalue weighted by Gasteiger charge is 2.32. The van der Waals surface area contributed by atoms with E-state index in [0.717, 1.165) is 42.5 Å². The fraction of sp³-hybridized carbons (Fsp3) is 0.286. The lowest BCUT2D eigenvalue weighted by Crippen LogP contribution is -2.37. The number of amides is 2. The Morgan fingerprint density at radius 2 is 1.96 bits per heavy atom. The highest BCUT2D eigenvalue weighted by atomic mass is 35.5. The lowest BCUT2D eigenvalue weighted by Gasteiger charge is -2.33. The van der Waals surface area contributed by atoms with Gasteiger partial charge >= 0.3 is 0 Å². The molecule has 3 aliphatic rings.